The van der Waals surface area contributed by atoms with E-state index in [0.717, 1.165) is 56.6 Å². The topological polar surface area (TPSA) is 45.9 Å². The predicted molar refractivity (Wildman–Crippen MR) is 103 cm³/mol. The largest absolute Gasteiger partial charge is 0.378 e. The molecule has 3 aromatic rings. The molecule has 6 nitrogen and oxygen atoms in total. The van der Waals surface area contributed by atoms with Gasteiger partial charge in [0, 0.05) is 49.8 Å². The lowest BCUT2D eigenvalue weighted by Crippen LogP contribution is -2.36. The van der Waals surface area contributed by atoms with Gasteiger partial charge in [-0.3, -0.25) is 4.40 Å². The average molecular weight is 349 g/mol. The zero-order valence-corrected chi connectivity index (χ0v) is 14.8. The Morgan fingerprint density at radius 2 is 1.62 bits per heavy atom. The van der Waals surface area contributed by atoms with Gasteiger partial charge in [-0.15, -0.1) is 0 Å². The van der Waals surface area contributed by atoms with Gasteiger partial charge in [-0.1, -0.05) is 12.1 Å². The highest BCUT2D eigenvalue weighted by molar-refractivity contribution is 5.72. The van der Waals surface area contributed by atoms with E-state index in [2.05, 4.69) is 48.4 Å². The van der Waals surface area contributed by atoms with E-state index in [1.54, 1.807) is 0 Å². The molecule has 0 aliphatic carbocycles. The zero-order valence-electron chi connectivity index (χ0n) is 14.8. The van der Waals surface area contributed by atoms with Gasteiger partial charge in [0.25, 0.3) is 0 Å². The summed E-state index contributed by atoms with van der Waals surface area (Å²) in [5.74, 6) is 1.00. The minimum Gasteiger partial charge on any atom is -0.378 e. The molecule has 0 radical (unpaired) electrons. The van der Waals surface area contributed by atoms with Crippen molar-refractivity contribution in [1.29, 1.82) is 0 Å². The third-order valence-corrected chi connectivity index (χ3v) is 5.35. The Balaban J connectivity index is 1.48. The van der Waals surface area contributed by atoms with E-state index in [4.69, 9.17) is 4.74 Å². The van der Waals surface area contributed by atoms with Crippen LogP contribution in [0.1, 0.15) is 12.8 Å². The number of ether oxygens (including phenoxy) is 1. The second-order valence-corrected chi connectivity index (χ2v) is 6.93. The summed E-state index contributed by atoms with van der Waals surface area (Å²) in [4.78, 5) is 14.0. The van der Waals surface area contributed by atoms with Crippen LogP contribution >= 0.6 is 0 Å². The average Bonchev–Trinajstić information content (AvgIpc) is 3.39. The Bertz CT molecular complexity index is 892. The smallest absolute Gasteiger partial charge is 0.180 e. The molecule has 5 rings (SSSR count). The molecule has 26 heavy (non-hydrogen) atoms. The fraction of sp³-hybridized carbons (Fsp3) is 0.400. The van der Waals surface area contributed by atoms with Crippen molar-refractivity contribution in [1.82, 2.24) is 14.4 Å². The zero-order chi connectivity index (χ0) is 17.3. The van der Waals surface area contributed by atoms with Gasteiger partial charge in [0.2, 0.25) is 0 Å². The van der Waals surface area contributed by atoms with Crippen molar-refractivity contribution in [2.45, 2.75) is 12.8 Å². The van der Waals surface area contributed by atoms with E-state index in [0.29, 0.717) is 0 Å². The molecule has 0 spiro atoms. The molecule has 0 N–H and O–H groups in total. The molecule has 2 aromatic heterocycles. The SMILES string of the molecule is c1cn2c(-c3ccc(N4CCOCC4)cc3)cnc2c(N2CCCC2)n1. The van der Waals surface area contributed by atoms with Gasteiger partial charge in [-0.05, 0) is 25.0 Å². The monoisotopic (exact) mass is 349 g/mol. The van der Waals surface area contributed by atoms with E-state index >= 15 is 0 Å². The number of anilines is 2. The maximum Gasteiger partial charge on any atom is 0.180 e. The van der Waals surface area contributed by atoms with Crippen LogP contribution < -0.4 is 9.80 Å². The first-order valence-electron chi connectivity index (χ1n) is 9.40. The number of imidazole rings is 1. The molecule has 1 aromatic carbocycles. The molecule has 0 atom stereocenters. The van der Waals surface area contributed by atoms with Gasteiger partial charge in [0.1, 0.15) is 0 Å². The van der Waals surface area contributed by atoms with Crippen LogP contribution in [0.4, 0.5) is 11.5 Å². The van der Waals surface area contributed by atoms with Crippen LogP contribution in [0.3, 0.4) is 0 Å². The molecule has 0 saturated carbocycles. The fourth-order valence-electron chi connectivity index (χ4n) is 3.94. The Morgan fingerprint density at radius 1 is 0.846 bits per heavy atom. The van der Waals surface area contributed by atoms with Crippen LogP contribution in [0, 0.1) is 0 Å². The number of aromatic nitrogens is 3. The quantitative estimate of drug-likeness (QED) is 0.728. The fourth-order valence-corrected chi connectivity index (χ4v) is 3.94. The minimum absolute atomic E-state index is 0.807. The van der Waals surface area contributed by atoms with E-state index in [9.17, 15) is 0 Å². The summed E-state index contributed by atoms with van der Waals surface area (Å²) in [6, 6.07) is 8.76. The van der Waals surface area contributed by atoms with Gasteiger partial charge < -0.3 is 14.5 Å². The Hall–Kier alpha value is -2.60. The van der Waals surface area contributed by atoms with Crippen molar-refractivity contribution < 1.29 is 4.74 Å². The molecule has 0 amide bonds. The molecule has 2 saturated heterocycles. The molecule has 2 aliphatic rings. The van der Waals surface area contributed by atoms with E-state index in [-0.39, 0.29) is 0 Å². The van der Waals surface area contributed by atoms with Crippen LogP contribution in [0.5, 0.6) is 0 Å². The summed E-state index contributed by atoms with van der Waals surface area (Å²) in [5.41, 5.74) is 4.48. The summed E-state index contributed by atoms with van der Waals surface area (Å²) in [6.07, 6.45) is 8.32. The van der Waals surface area contributed by atoms with Crippen molar-refractivity contribution >= 4 is 17.2 Å². The Morgan fingerprint density at radius 3 is 2.38 bits per heavy atom. The number of fused-ring (bicyclic) bond motifs is 1. The van der Waals surface area contributed by atoms with Crippen molar-refractivity contribution in [2.24, 2.45) is 0 Å². The lowest BCUT2D eigenvalue weighted by molar-refractivity contribution is 0.122. The maximum absolute atomic E-state index is 5.44. The molecular weight excluding hydrogens is 326 g/mol. The highest BCUT2D eigenvalue weighted by Crippen LogP contribution is 2.28. The van der Waals surface area contributed by atoms with Crippen molar-refractivity contribution in [3.63, 3.8) is 0 Å². The predicted octanol–water partition coefficient (Wildman–Crippen LogP) is 2.83. The maximum atomic E-state index is 5.44. The molecule has 2 aliphatic heterocycles. The summed E-state index contributed by atoms with van der Waals surface area (Å²) in [6.45, 7) is 5.68. The van der Waals surface area contributed by atoms with Crippen molar-refractivity contribution in [3.8, 4) is 11.3 Å². The van der Waals surface area contributed by atoms with E-state index in [1.165, 1.54) is 24.1 Å². The molecular formula is C20H23N5O. The highest BCUT2D eigenvalue weighted by Gasteiger charge is 2.19. The van der Waals surface area contributed by atoms with Crippen LogP contribution in [0.25, 0.3) is 16.9 Å². The van der Waals surface area contributed by atoms with Crippen molar-refractivity contribution in [2.75, 3.05) is 49.2 Å². The number of nitrogens with zero attached hydrogens (tertiary/aromatic N) is 5. The molecule has 4 heterocycles. The first-order valence-corrected chi connectivity index (χ1v) is 9.40. The van der Waals surface area contributed by atoms with Gasteiger partial charge in [-0.2, -0.15) is 0 Å². The second kappa shape index (κ2) is 6.61. The third-order valence-electron chi connectivity index (χ3n) is 5.35. The number of morpholine rings is 1. The molecule has 134 valence electrons. The highest BCUT2D eigenvalue weighted by atomic mass is 16.5. The van der Waals surface area contributed by atoms with Crippen LogP contribution in [-0.2, 0) is 4.74 Å². The molecule has 0 unspecified atom stereocenters. The Labute approximate surface area is 153 Å². The Kier molecular flexibility index (Phi) is 3.97. The minimum atomic E-state index is 0.807. The van der Waals surface area contributed by atoms with Gasteiger partial charge in [0.15, 0.2) is 11.5 Å². The summed E-state index contributed by atoms with van der Waals surface area (Å²) in [7, 11) is 0. The first-order chi connectivity index (χ1) is 12.9. The number of rotatable bonds is 3. The molecule has 2 fully saturated rings. The molecule has 6 heteroatoms. The van der Waals surface area contributed by atoms with E-state index < -0.39 is 0 Å². The third kappa shape index (κ3) is 2.70. The van der Waals surface area contributed by atoms with Gasteiger partial charge in [0.05, 0.1) is 25.1 Å². The second-order valence-electron chi connectivity index (χ2n) is 6.93. The van der Waals surface area contributed by atoms with Crippen LogP contribution in [0.15, 0.2) is 42.9 Å². The standard InChI is InChI=1S/C20H23N5O/c1-2-9-24(8-1)19-20-22-15-18(25(20)10-7-21-19)16-3-5-17(6-4-16)23-11-13-26-14-12-23/h3-7,10,15H,1-2,8-9,11-14H2. The van der Waals surface area contributed by atoms with Gasteiger partial charge >= 0.3 is 0 Å². The first kappa shape index (κ1) is 15.6. The van der Waals surface area contributed by atoms with Crippen LogP contribution in [0.2, 0.25) is 0 Å². The number of benzene rings is 1. The summed E-state index contributed by atoms with van der Waals surface area (Å²) < 4.78 is 7.60. The summed E-state index contributed by atoms with van der Waals surface area (Å²) >= 11 is 0. The lowest BCUT2D eigenvalue weighted by atomic mass is 10.1. The van der Waals surface area contributed by atoms with Crippen molar-refractivity contribution in [3.05, 3.63) is 42.9 Å². The van der Waals surface area contributed by atoms with Crippen LogP contribution in [-0.4, -0.2) is 53.8 Å². The number of hydrogen-bond donors (Lipinski definition) is 0. The summed E-state index contributed by atoms with van der Waals surface area (Å²) in [5, 5.41) is 0. The molecule has 0 bridgehead atoms. The lowest BCUT2D eigenvalue weighted by Gasteiger charge is -2.28. The van der Waals surface area contributed by atoms with E-state index in [1.807, 2.05) is 18.6 Å². The normalized spacial score (nSPS) is 18.0. The van der Waals surface area contributed by atoms with Gasteiger partial charge in [-0.25, -0.2) is 9.97 Å². The number of hydrogen-bond acceptors (Lipinski definition) is 5.